The van der Waals surface area contributed by atoms with E-state index in [-0.39, 0.29) is 0 Å². The average molecular weight is 319 g/mol. The zero-order valence-corrected chi connectivity index (χ0v) is 12.6. The van der Waals surface area contributed by atoms with Gasteiger partial charge in [-0.3, -0.25) is 4.98 Å². The third-order valence-corrected chi connectivity index (χ3v) is 3.66. The molecule has 0 aliphatic carbocycles. The molecule has 2 N–H and O–H groups in total. The van der Waals surface area contributed by atoms with Gasteiger partial charge in [-0.2, -0.15) is 4.98 Å². The molecule has 0 amide bonds. The highest BCUT2D eigenvalue weighted by Crippen LogP contribution is 2.32. The molecule has 0 radical (unpaired) electrons. The number of aromatic nitrogens is 3. The molecule has 0 aliphatic rings. The molecule has 3 rings (SSSR count). The van der Waals surface area contributed by atoms with Crippen LogP contribution < -0.4 is 10.5 Å². The van der Waals surface area contributed by atoms with E-state index in [1.807, 2.05) is 18.4 Å². The molecule has 0 atom stereocenters. The topological polar surface area (TPSA) is 73.9 Å². The molecule has 1 aromatic carbocycles. The maximum atomic E-state index is 6.16. The van der Waals surface area contributed by atoms with Crippen LogP contribution in [-0.2, 0) is 0 Å². The van der Waals surface area contributed by atoms with Gasteiger partial charge in [0.15, 0.2) is 10.9 Å². The molecule has 0 saturated heterocycles. The number of benzene rings is 1. The second-order valence-electron chi connectivity index (χ2n) is 4.16. The van der Waals surface area contributed by atoms with E-state index >= 15 is 0 Å². The fourth-order valence-electron chi connectivity index (χ4n) is 1.87. The summed E-state index contributed by atoms with van der Waals surface area (Å²) in [7, 11) is 0. The standard InChI is InChI=1S/C14H11ClN4OS/c1-21-14-18-11(16)7-12(19-14)20-10-5-4-9(15)8-3-2-6-17-13(8)10/h2-7H,1H3,(H2,16,18,19). The Morgan fingerprint density at radius 1 is 1.24 bits per heavy atom. The smallest absolute Gasteiger partial charge is 0.225 e. The molecule has 7 heteroatoms. The van der Waals surface area contributed by atoms with Gasteiger partial charge in [0.2, 0.25) is 5.88 Å². The van der Waals surface area contributed by atoms with Gasteiger partial charge in [0.25, 0.3) is 0 Å². The summed E-state index contributed by atoms with van der Waals surface area (Å²) in [5.41, 5.74) is 6.42. The van der Waals surface area contributed by atoms with Crippen LogP contribution in [0.1, 0.15) is 0 Å². The minimum Gasteiger partial charge on any atom is -0.437 e. The van der Waals surface area contributed by atoms with Crippen molar-refractivity contribution in [3.8, 4) is 11.6 Å². The molecule has 21 heavy (non-hydrogen) atoms. The summed E-state index contributed by atoms with van der Waals surface area (Å²) in [6, 6.07) is 8.81. The lowest BCUT2D eigenvalue weighted by atomic mass is 10.2. The zero-order valence-electron chi connectivity index (χ0n) is 11.1. The summed E-state index contributed by atoms with van der Waals surface area (Å²) in [5, 5.41) is 2.00. The average Bonchev–Trinajstić information content (AvgIpc) is 2.50. The molecule has 0 aliphatic heterocycles. The molecular formula is C14H11ClN4OS. The van der Waals surface area contributed by atoms with Crippen LogP contribution in [0, 0.1) is 0 Å². The number of nitrogens with two attached hydrogens (primary N) is 1. The van der Waals surface area contributed by atoms with Crippen molar-refractivity contribution in [3.05, 3.63) is 41.6 Å². The van der Waals surface area contributed by atoms with E-state index in [1.165, 1.54) is 11.8 Å². The Balaban J connectivity index is 2.06. The summed E-state index contributed by atoms with van der Waals surface area (Å²) in [6.07, 6.45) is 3.56. The minimum absolute atomic E-state index is 0.357. The van der Waals surface area contributed by atoms with Crippen molar-refractivity contribution in [2.45, 2.75) is 5.16 Å². The van der Waals surface area contributed by atoms with Gasteiger partial charge >= 0.3 is 0 Å². The van der Waals surface area contributed by atoms with Crippen molar-refractivity contribution in [2.75, 3.05) is 12.0 Å². The summed E-state index contributed by atoms with van der Waals surface area (Å²) < 4.78 is 5.80. The maximum absolute atomic E-state index is 6.16. The maximum Gasteiger partial charge on any atom is 0.225 e. The van der Waals surface area contributed by atoms with Crippen LogP contribution >= 0.6 is 23.4 Å². The molecule has 0 unspecified atom stereocenters. The minimum atomic E-state index is 0.357. The van der Waals surface area contributed by atoms with E-state index in [2.05, 4.69) is 15.0 Å². The van der Waals surface area contributed by atoms with Gasteiger partial charge in [-0.25, -0.2) is 4.98 Å². The lowest BCUT2D eigenvalue weighted by molar-refractivity contribution is 0.460. The van der Waals surface area contributed by atoms with Crippen LogP contribution in [0.4, 0.5) is 5.82 Å². The predicted octanol–water partition coefficient (Wildman–Crippen LogP) is 3.77. The number of ether oxygens (including phenoxy) is 1. The van der Waals surface area contributed by atoms with E-state index < -0.39 is 0 Å². The van der Waals surface area contributed by atoms with E-state index in [0.29, 0.717) is 33.1 Å². The van der Waals surface area contributed by atoms with Crippen LogP contribution in [-0.4, -0.2) is 21.2 Å². The molecule has 0 saturated carbocycles. The van der Waals surface area contributed by atoms with Crippen molar-refractivity contribution in [1.82, 2.24) is 15.0 Å². The second-order valence-corrected chi connectivity index (χ2v) is 5.35. The van der Waals surface area contributed by atoms with Crippen LogP contribution in [0.5, 0.6) is 11.6 Å². The monoisotopic (exact) mass is 318 g/mol. The van der Waals surface area contributed by atoms with Gasteiger partial charge in [0, 0.05) is 17.6 Å². The Morgan fingerprint density at radius 3 is 2.90 bits per heavy atom. The van der Waals surface area contributed by atoms with Gasteiger partial charge < -0.3 is 10.5 Å². The lowest BCUT2D eigenvalue weighted by Crippen LogP contribution is -1.97. The summed E-state index contributed by atoms with van der Waals surface area (Å²) in [6.45, 7) is 0. The number of pyridine rings is 1. The van der Waals surface area contributed by atoms with E-state index in [1.54, 1.807) is 24.4 Å². The second kappa shape index (κ2) is 5.75. The highest BCUT2D eigenvalue weighted by atomic mass is 35.5. The highest BCUT2D eigenvalue weighted by Gasteiger charge is 2.10. The Bertz CT molecular complexity index is 812. The van der Waals surface area contributed by atoms with Crippen LogP contribution in [0.15, 0.2) is 41.7 Å². The van der Waals surface area contributed by atoms with E-state index in [4.69, 9.17) is 22.1 Å². The Hall–Kier alpha value is -2.05. The Kier molecular flexibility index (Phi) is 3.81. The zero-order chi connectivity index (χ0) is 14.8. The van der Waals surface area contributed by atoms with Crippen molar-refractivity contribution < 1.29 is 4.74 Å². The molecule has 2 heterocycles. The van der Waals surface area contributed by atoms with Crippen LogP contribution in [0.3, 0.4) is 0 Å². The van der Waals surface area contributed by atoms with Crippen LogP contribution in [0.2, 0.25) is 5.02 Å². The van der Waals surface area contributed by atoms with Crippen molar-refractivity contribution in [3.63, 3.8) is 0 Å². The number of nitrogens with zero attached hydrogens (tertiary/aromatic N) is 3. The number of rotatable bonds is 3. The van der Waals surface area contributed by atoms with Gasteiger partial charge in [-0.15, -0.1) is 0 Å². The first-order chi connectivity index (χ1) is 10.2. The lowest BCUT2D eigenvalue weighted by Gasteiger charge is -2.09. The molecule has 0 spiro atoms. The summed E-state index contributed by atoms with van der Waals surface area (Å²) in [4.78, 5) is 12.7. The Labute approximate surface area is 130 Å². The van der Waals surface area contributed by atoms with Gasteiger partial charge in [-0.1, -0.05) is 23.4 Å². The molecule has 0 bridgehead atoms. The van der Waals surface area contributed by atoms with Gasteiger partial charge in [-0.05, 0) is 30.5 Å². The van der Waals surface area contributed by atoms with Gasteiger partial charge in [0.05, 0.1) is 5.02 Å². The highest BCUT2D eigenvalue weighted by molar-refractivity contribution is 7.98. The normalized spacial score (nSPS) is 10.8. The SMILES string of the molecule is CSc1nc(N)cc(Oc2ccc(Cl)c3cccnc23)n1. The molecule has 3 aromatic rings. The number of halogens is 1. The van der Waals surface area contributed by atoms with Crippen molar-refractivity contribution >= 4 is 40.1 Å². The molecular weight excluding hydrogens is 308 g/mol. The number of hydrogen-bond donors (Lipinski definition) is 1. The molecule has 5 nitrogen and oxygen atoms in total. The first kappa shape index (κ1) is 13.9. The number of fused-ring (bicyclic) bond motifs is 1. The fraction of sp³-hybridized carbons (Fsp3) is 0.0714. The van der Waals surface area contributed by atoms with Crippen molar-refractivity contribution in [1.29, 1.82) is 0 Å². The first-order valence-electron chi connectivity index (χ1n) is 6.07. The fourth-order valence-corrected chi connectivity index (χ4v) is 2.46. The third kappa shape index (κ3) is 2.86. The summed E-state index contributed by atoms with van der Waals surface area (Å²) in [5.74, 6) is 1.30. The number of thioether (sulfide) groups is 1. The number of nitrogen functional groups attached to an aromatic ring is 1. The first-order valence-corrected chi connectivity index (χ1v) is 7.67. The summed E-state index contributed by atoms with van der Waals surface area (Å²) >= 11 is 7.56. The van der Waals surface area contributed by atoms with Crippen LogP contribution in [0.25, 0.3) is 10.9 Å². The third-order valence-electron chi connectivity index (χ3n) is 2.78. The Morgan fingerprint density at radius 2 is 2.10 bits per heavy atom. The quantitative estimate of drug-likeness (QED) is 0.585. The molecule has 2 aromatic heterocycles. The van der Waals surface area contributed by atoms with Crippen molar-refractivity contribution in [2.24, 2.45) is 0 Å². The van der Waals surface area contributed by atoms with E-state index in [9.17, 15) is 0 Å². The molecule has 0 fully saturated rings. The predicted molar refractivity (Wildman–Crippen MR) is 85.1 cm³/mol. The largest absolute Gasteiger partial charge is 0.437 e. The molecule has 106 valence electrons. The van der Waals surface area contributed by atoms with Gasteiger partial charge in [0.1, 0.15) is 11.3 Å². The number of hydrogen-bond acceptors (Lipinski definition) is 6. The van der Waals surface area contributed by atoms with E-state index in [0.717, 1.165) is 5.39 Å². The number of anilines is 1.